The Hall–Kier alpha value is -1.03. The molecule has 0 aromatic heterocycles. The minimum absolute atomic E-state index is 0.100. The van der Waals surface area contributed by atoms with Crippen LogP contribution in [0, 0.1) is 0 Å². The largest absolute Gasteiger partial charge is 0.299 e. The summed E-state index contributed by atoms with van der Waals surface area (Å²) in [6, 6.07) is 7.55. The molecule has 3 atom stereocenters. The van der Waals surface area contributed by atoms with Crippen LogP contribution < -0.4 is 5.73 Å². The van der Waals surface area contributed by atoms with Crippen LogP contribution in [0.2, 0.25) is 0 Å². The van der Waals surface area contributed by atoms with E-state index in [1.165, 1.54) is 12.1 Å². The molecule has 0 aliphatic heterocycles. The van der Waals surface area contributed by atoms with Crippen molar-refractivity contribution in [3.8, 4) is 0 Å². The molecule has 0 amide bonds. The molecule has 0 saturated heterocycles. The first-order chi connectivity index (χ1) is 6.13. The summed E-state index contributed by atoms with van der Waals surface area (Å²) < 4.78 is 38.0. The molecule has 0 heterocycles. The highest BCUT2D eigenvalue weighted by Gasteiger charge is 2.28. The van der Waals surface area contributed by atoms with Gasteiger partial charge in [0.25, 0.3) is 0 Å². The standard InChI is InChI=1S/C9H10F3N/c10-7(8(11)9(12)13)6-4-2-1-3-5-6/h1-5,7-9H,13H2. The summed E-state index contributed by atoms with van der Waals surface area (Å²) >= 11 is 0. The zero-order chi connectivity index (χ0) is 9.84. The predicted octanol–water partition coefficient (Wildman–Crippen LogP) is 2.29. The number of benzene rings is 1. The summed E-state index contributed by atoms with van der Waals surface area (Å²) in [5.41, 5.74) is 4.69. The van der Waals surface area contributed by atoms with Gasteiger partial charge in [-0.1, -0.05) is 30.3 Å². The van der Waals surface area contributed by atoms with Gasteiger partial charge in [-0.2, -0.15) is 0 Å². The average Bonchev–Trinajstić information content (AvgIpc) is 2.17. The second-order valence-corrected chi connectivity index (χ2v) is 2.70. The molecule has 0 spiro atoms. The zero-order valence-corrected chi connectivity index (χ0v) is 6.83. The Morgan fingerprint density at radius 3 is 2.00 bits per heavy atom. The Labute approximate surface area is 74.4 Å². The van der Waals surface area contributed by atoms with Gasteiger partial charge in [-0.25, -0.2) is 13.2 Å². The smallest absolute Gasteiger partial charge is 0.183 e. The normalized spacial score (nSPS) is 17.8. The van der Waals surface area contributed by atoms with Crippen LogP contribution in [0.25, 0.3) is 0 Å². The summed E-state index contributed by atoms with van der Waals surface area (Å²) in [6.07, 6.45) is -6.58. The van der Waals surface area contributed by atoms with Gasteiger partial charge in [0.15, 0.2) is 18.6 Å². The molecule has 0 radical (unpaired) electrons. The molecule has 1 aromatic carbocycles. The van der Waals surface area contributed by atoms with Crippen LogP contribution in [0.3, 0.4) is 0 Å². The van der Waals surface area contributed by atoms with Crippen LogP contribution in [-0.2, 0) is 0 Å². The van der Waals surface area contributed by atoms with Crippen molar-refractivity contribution in [3.05, 3.63) is 35.9 Å². The number of halogens is 3. The highest BCUT2D eigenvalue weighted by Crippen LogP contribution is 2.25. The molecule has 0 aliphatic rings. The van der Waals surface area contributed by atoms with Crippen molar-refractivity contribution in [2.75, 3.05) is 0 Å². The van der Waals surface area contributed by atoms with Gasteiger partial charge in [-0.15, -0.1) is 0 Å². The van der Waals surface area contributed by atoms with Crippen molar-refractivity contribution < 1.29 is 13.2 Å². The molecule has 1 aromatic rings. The van der Waals surface area contributed by atoms with E-state index in [0.29, 0.717) is 0 Å². The number of rotatable bonds is 3. The molecule has 1 rings (SSSR count). The molecule has 72 valence electrons. The van der Waals surface area contributed by atoms with E-state index in [-0.39, 0.29) is 5.56 Å². The van der Waals surface area contributed by atoms with E-state index in [2.05, 4.69) is 5.73 Å². The molecule has 0 bridgehead atoms. The second kappa shape index (κ2) is 4.28. The maximum atomic E-state index is 13.1. The van der Waals surface area contributed by atoms with Crippen LogP contribution in [0.5, 0.6) is 0 Å². The molecule has 0 fully saturated rings. The van der Waals surface area contributed by atoms with E-state index >= 15 is 0 Å². The lowest BCUT2D eigenvalue weighted by atomic mass is 10.1. The predicted molar refractivity (Wildman–Crippen MR) is 44.3 cm³/mol. The summed E-state index contributed by atoms with van der Waals surface area (Å²) in [6.45, 7) is 0. The lowest BCUT2D eigenvalue weighted by Gasteiger charge is -2.14. The third kappa shape index (κ3) is 2.45. The SMILES string of the molecule is NC(F)C(F)C(F)c1ccccc1. The third-order valence-electron chi connectivity index (χ3n) is 1.70. The van der Waals surface area contributed by atoms with Gasteiger partial charge in [0.1, 0.15) is 0 Å². The molecule has 1 nitrogen and oxygen atoms in total. The van der Waals surface area contributed by atoms with Crippen molar-refractivity contribution >= 4 is 0 Å². The molecule has 4 heteroatoms. The van der Waals surface area contributed by atoms with Crippen LogP contribution in [0.1, 0.15) is 11.7 Å². The van der Waals surface area contributed by atoms with Crippen LogP contribution >= 0.6 is 0 Å². The Morgan fingerprint density at radius 2 is 1.54 bits per heavy atom. The fourth-order valence-electron chi connectivity index (χ4n) is 0.982. The van der Waals surface area contributed by atoms with Gasteiger partial charge in [0.2, 0.25) is 0 Å². The first-order valence-electron chi connectivity index (χ1n) is 3.85. The maximum Gasteiger partial charge on any atom is 0.183 e. The Balaban J connectivity index is 2.73. The van der Waals surface area contributed by atoms with Crippen molar-refractivity contribution in [1.29, 1.82) is 0 Å². The third-order valence-corrected chi connectivity index (χ3v) is 1.70. The average molecular weight is 189 g/mol. The molecular weight excluding hydrogens is 179 g/mol. The van der Waals surface area contributed by atoms with Crippen molar-refractivity contribution in [1.82, 2.24) is 0 Å². The van der Waals surface area contributed by atoms with Gasteiger partial charge >= 0.3 is 0 Å². The minimum atomic E-state index is -2.30. The van der Waals surface area contributed by atoms with E-state index in [1.54, 1.807) is 18.2 Å². The topological polar surface area (TPSA) is 26.0 Å². The molecule has 2 N–H and O–H groups in total. The van der Waals surface area contributed by atoms with Crippen molar-refractivity contribution in [3.63, 3.8) is 0 Å². The summed E-state index contributed by atoms with van der Waals surface area (Å²) in [5, 5.41) is 0. The van der Waals surface area contributed by atoms with Crippen LogP contribution in [0.15, 0.2) is 30.3 Å². The van der Waals surface area contributed by atoms with Gasteiger partial charge in [0, 0.05) is 0 Å². The zero-order valence-electron chi connectivity index (χ0n) is 6.83. The Bertz CT molecular complexity index is 250. The number of hydrogen-bond donors (Lipinski definition) is 1. The van der Waals surface area contributed by atoms with E-state index in [4.69, 9.17) is 0 Å². The van der Waals surface area contributed by atoms with Crippen LogP contribution in [-0.4, -0.2) is 12.5 Å². The van der Waals surface area contributed by atoms with E-state index in [0.717, 1.165) is 0 Å². The summed E-state index contributed by atoms with van der Waals surface area (Å²) in [5.74, 6) is 0. The fourth-order valence-corrected chi connectivity index (χ4v) is 0.982. The van der Waals surface area contributed by atoms with E-state index in [1.807, 2.05) is 0 Å². The van der Waals surface area contributed by atoms with Gasteiger partial charge < -0.3 is 0 Å². The Kier molecular flexibility index (Phi) is 3.31. The molecule has 13 heavy (non-hydrogen) atoms. The first-order valence-corrected chi connectivity index (χ1v) is 3.85. The summed E-state index contributed by atoms with van der Waals surface area (Å²) in [4.78, 5) is 0. The summed E-state index contributed by atoms with van der Waals surface area (Å²) in [7, 11) is 0. The Morgan fingerprint density at radius 1 is 1.00 bits per heavy atom. The quantitative estimate of drug-likeness (QED) is 0.725. The number of hydrogen-bond acceptors (Lipinski definition) is 1. The van der Waals surface area contributed by atoms with Crippen LogP contribution in [0.4, 0.5) is 13.2 Å². The monoisotopic (exact) mass is 189 g/mol. The second-order valence-electron chi connectivity index (χ2n) is 2.70. The highest BCUT2D eigenvalue weighted by atomic mass is 19.2. The number of alkyl halides is 3. The maximum absolute atomic E-state index is 13.1. The molecule has 3 unspecified atom stereocenters. The van der Waals surface area contributed by atoms with E-state index < -0.39 is 18.6 Å². The van der Waals surface area contributed by atoms with Gasteiger partial charge in [-0.3, -0.25) is 5.73 Å². The fraction of sp³-hybridized carbons (Fsp3) is 0.333. The van der Waals surface area contributed by atoms with Gasteiger partial charge in [-0.05, 0) is 5.56 Å². The highest BCUT2D eigenvalue weighted by molar-refractivity contribution is 5.18. The first kappa shape index (κ1) is 10.1. The van der Waals surface area contributed by atoms with Crippen molar-refractivity contribution in [2.24, 2.45) is 5.73 Å². The lowest BCUT2D eigenvalue weighted by molar-refractivity contribution is 0.0853. The molecule has 0 aliphatic carbocycles. The lowest BCUT2D eigenvalue weighted by Crippen LogP contribution is -2.30. The molecule has 0 saturated carbocycles. The van der Waals surface area contributed by atoms with Crippen molar-refractivity contribution in [2.45, 2.75) is 18.6 Å². The van der Waals surface area contributed by atoms with E-state index in [9.17, 15) is 13.2 Å². The molecular formula is C9H10F3N. The van der Waals surface area contributed by atoms with Gasteiger partial charge in [0.05, 0.1) is 0 Å². The number of nitrogens with two attached hydrogens (primary N) is 1. The minimum Gasteiger partial charge on any atom is -0.299 e.